The van der Waals surface area contributed by atoms with Gasteiger partial charge in [-0.2, -0.15) is 0 Å². The van der Waals surface area contributed by atoms with Gasteiger partial charge in [0.25, 0.3) is 11.5 Å². The van der Waals surface area contributed by atoms with Gasteiger partial charge in [-0.25, -0.2) is 0 Å². The van der Waals surface area contributed by atoms with E-state index in [0.717, 1.165) is 0 Å². The van der Waals surface area contributed by atoms with Gasteiger partial charge in [-0.1, -0.05) is 0 Å². The lowest BCUT2D eigenvalue weighted by Gasteiger charge is -2.20. The van der Waals surface area contributed by atoms with Crippen molar-refractivity contribution in [2.45, 2.75) is 6.92 Å². The molecule has 1 aromatic rings. The summed E-state index contributed by atoms with van der Waals surface area (Å²) in [6, 6.07) is 3.07. The van der Waals surface area contributed by atoms with Gasteiger partial charge in [0.15, 0.2) is 0 Å². The highest BCUT2D eigenvalue weighted by Crippen LogP contribution is 2.00. The van der Waals surface area contributed by atoms with Crippen LogP contribution >= 0.6 is 0 Å². The number of carbonyl (C=O) groups is 1. The zero-order chi connectivity index (χ0) is 12.8. The fourth-order valence-corrected chi connectivity index (χ4v) is 1.47. The number of aromatic nitrogens is 1. The minimum absolute atomic E-state index is 0.0116. The van der Waals surface area contributed by atoms with Crippen molar-refractivity contribution in [3.8, 4) is 0 Å². The largest absolute Gasteiger partial charge is 0.395 e. The summed E-state index contributed by atoms with van der Waals surface area (Å²) in [4.78, 5) is 27.3. The van der Waals surface area contributed by atoms with Gasteiger partial charge >= 0.3 is 0 Å². The second kappa shape index (κ2) is 6.17. The Morgan fingerprint density at radius 3 is 2.35 bits per heavy atom. The molecule has 1 amide bonds. The molecule has 0 bridgehead atoms. The van der Waals surface area contributed by atoms with Crippen molar-refractivity contribution in [3.05, 3.63) is 33.7 Å². The number of carbonyl (C=O) groups excluding carboxylic acids is 1. The van der Waals surface area contributed by atoms with Crippen molar-refractivity contribution in [2.75, 3.05) is 26.3 Å². The zero-order valence-corrected chi connectivity index (χ0v) is 9.64. The predicted molar refractivity (Wildman–Crippen MR) is 61.9 cm³/mol. The van der Waals surface area contributed by atoms with Crippen LogP contribution in [0.5, 0.6) is 0 Å². The molecule has 0 aliphatic heterocycles. The molecule has 6 nitrogen and oxygen atoms in total. The molecule has 1 rings (SSSR count). The number of pyridine rings is 1. The van der Waals surface area contributed by atoms with E-state index in [9.17, 15) is 9.59 Å². The van der Waals surface area contributed by atoms with Gasteiger partial charge in [-0.05, 0) is 19.1 Å². The second-order valence-electron chi connectivity index (χ2n) is 3.62. The molecular weight excluding hydrogens is 224 g/mol. The van der Waals surface area contributed by atoms with Gasteiger partial charge in [0, 0.05) is 18.8 Å². The molecule has 0 atom stereocenters. The minimum Gasteiger partial charge on any atom is -0.395 e. The summed E-state index contributed by atoms with van der Waals surface area (Å²) >= 11 is 0. The number of nitrogens with zero attached hydrogens (tertiary/aromatic N) is 1. The van der Waals surface area contributed by atoms with Crippen LogP contribution in [0.15, 0.2) is 16.9 Å². The van der Waals surface area contributed by atoms with E-state index in [2.05, 4.69) is 4.98 Å². The molecule has 0 fully saturated rings. The minimum atomic E-state index is -0.491. The third-order valence-corrected chi connectivity index (χ3v) is 2.31. The van der Waals surface area contributed by atoms with Gasteiger partial charge in [0.05, 0.1) is 13.2 Å². The SMILES string of the molecule is Cc1ccc(C(=O)N(CCO)CCO)c(=O)[nH]1. The van der Waals surface area contributed by atoms with E-state index < -0.39 is 11.5 Å². The van der Waals surface area contributed by atoms with E-state index in [-0.39, 0.29) is 31.9 Å². The summed E-state index contributed by atoms with van der Waals surface area (Å²) in [6.45, 7) is 1.47. The van der Waals surface area contributed by atoms with Gasteiger partial charge in [-0.15, -0.1) is 0 Å². The van der Waals surface area contributed by atoms with Crippen LogP contribution < -0.4 is 5.56 Å². The Morgan fingerprint density at radius 1 is 1.29 bits per heavy atom. The van der Waals surface area contributed by atoms with E-state index in [1.807, 2.05) is 0 Å². The van der Waals surface area contributed by atoms with E-state index in [4.69, 9.17) is 10.2 Å². The van der Waals surface area contributed by atoms with Crippen LogP contribution in [-0.2, 0) is 0 Å². The van der Waals surface area contributed by atoms with Gasteiger partial charge in [0.2, 0.25) is 0 Å². The van der Waals surface area contributed by atoms with Gasteiger partial charge in [-0.3, -0.25) is 9.59 Å². The Labute approximate surface area is 98.5 Å². The van der Waals surface area contributed by atoms with Crippen LogP contribution in [0.1, 0.15) is 16.1 Å². The highest BCUT2D eigenvalue weighted by Gasteiger charge is 2.17. The van der Waals surface area contributed by atoms with Crippen LogP contribution in [-0.4, -0.2) is 52.3 Å². The molecule has 94 valence electrons. The molecule has 1 heterocycles. The maximum absolute atomic E-state index is 11.9. The van der Waals surface area contributed by atoms with E-state index >= 15 is 0 Å². The third-order valence-electron chi connectivity index (χ3n) is 2.31. The lowest BCUT2D eigenvalue weighted by atomic mass is 10.2. The normalized spacial score (nSPS) is 10.3. The van der Waals surface area contributed by atoms with Gasteiger partial charge < -0.3 is 20.1 Å². The fraction of sp³-hybridized carbons (Fsp3) is 0.455. The number of hydrogen-bond acceptors (Lipinski definition) is 4. The Hall–Kier alpha value is -1.66. The number of amides is 1. The predicted octanol–water partition coefficient (Wildman–Crippen LogP) is -0.890. The summed E-state index contributed by atoms with van der Waals surface area (Å²) in [5.41, 5.74) is 0.218. The average Bonchev–Trinajstić information content (AvgIpc) is 2.28. The van der Waals surface area contributed by atoms with Crippen LogP contribution in [0.3, 0.4) is 0 Å². The molecular formula is C11H16N2O4. The van der Waals surface area contributed by atoms with E-state index in [0.29, 0.717) is 5.69 Å². The topological polar surface area (TPSA) is 93.6 Å². The third kappa shape index (κ3) is 3.40. The Morgan fingerprint density at radius 2 is 1.88 bits per heavy atom. The first-order valence-electron chi connectivity index (χ1n) is 5.31. The van der Waals surface area contributed by atoms with Crippen molar-refractivity contribution in [1.29, 1.82) is 0 Å². The number of aryl methyl sites for hydroxylation is 1. The lowest BCUT2D eigenvalue weighted by molar-refractivity contribution is 0.0683. The van der Waals surface area contributed by atoms with Crippen LogP contribution in [0, 0.1) is 6.92 Å². The van der Waals surface area contributed by atoms with E-state index in [1.165, 1.54) is 11.0 Å². The standard InChI is InChI=1S/C11H16N2O4/c1-8-2-3-9(10(16)12-8)11(17)13(4-6-14)5-7-15/h2-3,14-15H,4-7H2,1H3,(H,12,16). The first-order valence-corrected chi connectivity index (χ1v) is 5.31. The van der Waals surface area contributed by atoms with Crippen molar-refractivity contribution in [1.82, 2.24) is 9.88 Å². The Bertz CT molecular complexity index is 435. The van der Waals surface area contributed by atoms with Crippen LogP contribution in [0.2, 0.25) is 0 Å². The number of nitrogens with one attached hydrogen (secondary N) is 1. The summed E-state index contributed by atoms with van der Waals surface area (Å²) in [7, 11) is 0. The molecule has 0 radical (unpaired) electrons. The molecule has 3 N–H and O–H groups in total. The summed E-state index contributed by atoms with van der Waals surface area (Å²) in [5, 5.41) is 17.6. The lowest BCUT2D eigenvalue weighted by Crippen LogP contribution is -2.38. The smallest absolute Gasteiger partial charge is 0.260 e. The molecule has 0 aromatic carbocycles. The summed E-state index contributed by atoms with van der Waals surface area (Å²) in [5.74, 6) is -0.491. The average molecular weight is 240 g/mol. The maximum Gasteiger partial charge on any atom is 0.260 e. The molecule has 0 saturated heterocycles. The van der Waals surface area contributed by atoms with Crippen molar-refractivity contribution in [2.24, 2.45) is 0 Å². The summed E-state index contributed by atoms with van der Waals surface area (Å²) < 4.78 is 0. The zero-order valence-electron chi connectivity index (χ0n) is 9.64. The van der Waals surface area contributed by atoms with Crippen LogP contribution in [0.4, 0.5) is 0 Å². The quantitative estimate of drug-likeness (QED) is 0.622. The Balaban J connectivity index is 2.96. The number of aliphatic hydroxyl groups excluding tert-OH is 2. The molecule has 0 aliphatic carbocycles. The fourth-order valence-electron chi connectivity index (χ4n) is 1.47. The van der Waals surface area contributed by atoms with Crippen molar-refractivity contribution in [3.63, 3.8) is 0 Å². The number of hydrogen-bond donors (Lipinski definition) is 3. The van der Waals surface area contributed by atoms with Crippen molar-refractivity contribution < 1.29 is 15.0 Å². The van der Waals surface area contributed by atoms with Crippen LogP contribution in [0.25, 0.3) is 0 Å². The molecule has 0 aliphatic rings. The first kappa shape index (κ1) is 13.4. The number of rotatable bonds is 5. The molecule has 0 spiro atoms. The monoisotopic (exact) mass is 240 g/mol. The van der Waals surface area contributed by atoms with Crippen molar-refractivity contribution >= 4 is 5.91 Å². The Kier molecular flexibility index (Phi) is 4.86. The first-order chi connectivity index (χ1) is 8.10. The molecule has 0 unspecified atom stereocenters. The number of aromatic amines is 1. The van der Waals surface area contributed by atoms with E-state index in [1.54, 1.807) is 13.0 Å². The summed E-state index contributed by atoms with van der Waals surface area (Å²) in [6.07, 6.45) is 0. The number of aliphatic hydroxyl groups is 2. The molecule has 6 heteroatoms. The maximum atomic E-state index is 11.9. The second-order valence-corrected chi connectivity index (χ2v) is 3.62. The van der Waals surface area contributed by atoms with Gasteiger partial charge in [0.1, 0.15) is 5.56 Å². The molecule has 17 heavy (non-hydrogen) atoms. The highest BCUT2D eigenvalue weighted by atomic mass is 16.3. The molecule has 0 saturated carbocycles. The number of H-pyrrole nitrogens is 1. The molecule has 1 aromatic heterocycles. The highest BCUT2D eigenvalue weighted by molar-refractivity contribution is 5.93.